The van der Waals surface area contributed by atoms with Gasteiger partial charge in [-0.3, -0.25) is 4.79 Å². The zero-order chi connectivity index (χ0) is 20.9. The lowest BCUT2D eigenvalue weighted by molar-refractivity contribution is -0.121. The van der Waals surface area contributed by atoms with Gasteiger partial charge >= 0.3 is 0 Å². The molecule has 0 bridgehead atoms. The zero-order valence-electron chi connectivity index (χ0n) is 18.2. The third kappa shape index (κ3) is 4.82. The third-order valence-corrected chi connectivity index (χ3v) is 6.39. The third-order valence-electron chi connectivity index (χ3n) is 6.39. The van der Waals surface area contributed by atoms with Crippen molar-refractivity contribution in [1.29, 1.82) is 0 Å². The molecular formula is C23H33N5O2. The van der Waals surface area contributed by atoms with E-state index in [4.69, 9.17) is 9.51 Å². The first-order chi connectivity index (χ1) is 14.6. The van der Waals surface area contributed by atoms with Gasteiger partial charge in [-0.15, -0.1) is 0 Å². The van der Waals surface area contributed by atoms with E-state index in [0.717, 1.165) is 80.4 Å². The highest BCUT2D eigenvalue weighted by Gasteiger charge is 2.28. The topological polar surface area (TPSA) is 84.2 Å². The van der Waals surface area contributed by atoms with Crippen molar-refractivity contribution in [2.24, 2.45) is 5.92 Å². The van der Waals surface area contributed by atoms with Gasteiger partial charge in [-0.05, 0) is 57.8 Å². The SMILES string of the molecule is CCCC(=O)NCC1CCC(c2nc(N3CCCC3)ncc2-c2cc(C)no2)CC1. The van der Waals surface area contributed by atoms with E-state index >= 15 is 0 Å². The molecule has 2 aromatic rings. The fourth-order valence-electron chi connectivity index (χ4n) is 4.66. The molecule has 0 atom stereocenters. The maximum absolute atomic E-state index is 11.8. The number of carbonyl (C=O) groups is 1. The lowest BCUT2D eigenvalue weighted by atomic mass is 9.79. The molecular weight excluding hydrogens is 378 g/mol. The number of hydrogen-bond donors (Lipinski definition) is 1. The highest BCUT2D eigenvalue weighted by molar-refractivity contribution is 5.75. The Labute approximate surface area is 178 Å². The summed E-state index contributed by atoms with van der Waals surface area (Å²) in [5, 5.41) is 7.17. The van der Waals surface area contributed by atoms with Crippen LogP contribution in [0, 0.1) is 12.8 Å². The van der Waals surface area contributed by atoms with Crippen LogP contribution in [0.5, 0.6) is 0 Å². The minimum Gasteiger partial charge on any atom is -0.356 e. The summed E-state index contributed by atoms with van der Waals surface area (Å²) in [6, 6.07) is 1.96. The van der Waals surface area contributed by atoms with Gasteiger partial charge in [-0.1, -0.05) is 12.1 Å². The van der Waals surface area contributed by atoms with Crippen LogP contribution in [0.2, 0.25) is 0 Å². The molecule has 1 aliphatic heterocycles. The largest absolute Gasteiger partial charge is 0.356 e. The molecule has 30 heavy (non-hydrogen) atoms. The van der Waals surface area contributed by atoms with Crippen LogP contribution in [0.15, 0.2) is 16.8 Å². The van der Waals surface area contributed by atoms with Crippen LogP contribution in [-0.4, -0.2) is 40.7 Å². The average molecular weight is 412 g/mol. The number of nitrogens with one attached hydrogen (secondary N) is 1. The minimum absolute atomic E-state index is 0.175. The molecule has 2 aliphatic rings. The second-order valence-electron chi connectivity index (χ2n) is 8.77. The summed E-state index contributed by atoms with van der Waals surface area (Å²) in [5.41, 5.74) is 2.93. The van der Waals surface area contributed by atoms with E-state index in [0.29, 0.717) is 18.3 Å². The van der Waals surface area contributed by atoms with Crippen molar-refractivity contribution in [2.75, 3.05) is 24.5 Å². The quantitative estimate of drug-likeness (QED) is 0.734. The van der Waals surface area contributed by atoms with Gasteiger partial charge in [-0.2, -0.15) is 0 Å². The molecule has 162 valence electrons. The number of nitrogens with zero attached hydrogens (tertiary/aromatic N) is 4. The van der Waals surface area contributed by atoms with Crippen LogP contribution >= 0.6 is 0 Å². The van der Waals surface area contributed by atoms with E-state index in [1.165, 1.54) is 12.8 Å². The van der Waals surface area contributed by atoms with E-state index in [1.807, 2.05) is 26.1 Å². The summed E-state index contributed by atoms with van der Waals surface area (Å²) in [4.78, 5) is 23.8. The van der Waals surface area contributed by atoms with Crippen molar-refractivity contribution in [3.8, 4) is 11.3 Å². The molecule has 4 rings (SSSR count). The fourth-order valence-corrected chi connectivity index (χ4v) is 4.66. The second kappa shape index (κ2) is 9.58. The Balaban J connectivity index is 1.49. The number of carbonyl (C=O) groups excluding carboxylic acids is 1. The van der Waals surface area contributed by atoms with Gasteiger partial charge in [0.1, 0.15) is 0 Å². The van der Waals surface area contributed by atoms with Crippen molar-refractivity contribution < 1.29 is 9.32 Å². The Hall–Kier alpha value is -2.44. The van der Waals surface area contributed by atoms with Gasteiger partial charge in [-0.25, -0.2) is 9.97 Å². The first-order valence-electron chi connectivity index (χ1n) is 11.5. The monoisotopic (exact) mass is 411 g/mol. The van der Waals surface area contributed by atoms with Crippen molar-refractivity contribution in [3.05, 3.63) is 23.7 Å². The van der Waals surface area contributed by atoms with Crippen LogP contribution in [0.1, 0.15) is 75.6 Å². The standard InChI is InChI=1S/C23H33N5O2/c1-3-6-21(29)24-14-17-7-9-18(10-8-17)22-19(20-13-16(2)27-30-20)15-25-23(26-22)28-11-4-5-12-28/h13,15,17-18H,3-12,14H2,1-2H3,(H,24,29). The molecule has 0 spiro atoms. The van der Waals surface area contributed by atoms with Crippen molar-refractivity contribution in [3.63, 3.8) is 0 Å². The number of amides is 1. The normalized spacial score (nSPS) is 21.7. The molecule has 1 aliphatic carbocycles. The van der Waals surface area contributed by atoms with Crippen LogP contribution < -0.4 is 10.2 Å². The molecule has 1 saturated carbocycles. The Morgan fingerprint density at radius 3 is 2.67 bits per heavy atom. The van der Waals surface area contributed by atoms with Gasteiger partial charge in [0.05, 0.1) is 17.0 Å². The van der Waals surface area contributed by atoms with Crippen LogP contribution in [0.4, 0.5) is 5.95 Å². The highest BCUT2D eigenvalue weighted by atomic mass is 16.5. The molecule has 0 aromatic carbocycles. The molecule has 1 amide bonds. The summed E-state index contributed by atoms with van der Waals surface area (Å²) in [5.74, 6) is 2.71. The fraction of sp³-hybridized carbons (Fsp3) is 0.652. The molecule has 7 heteroatoms. The second-order valence-corrected chi connectivity index (χ2v) is 8.77. The van der Waals surface area contributed by atoms with Crippen LogP contribution in [0.25, 0.3) is 11.3 Å². The van der Waals surface area contributed by atoms with Crippen LogP contribution in [-0.2, 0) is 4.79 Å². The lowest BCUT2D eigenvalue weighted by Crippen LogP contribution is -2.31. The maximum atomic E-state index is 11.8. The zero-order valence-corrected chi connectivity index (χ0v) is 18.2. The summed E-state index contributed by atoms with van der Waals surface area (Å²) in [6.45, 7) is 6.83. The van der Waals surface area contributed by atoms with Gasteiger partial charge in [0.15, 0.2) is 5.76 Å². The molecule has 1 N–H and O–H groups in total. The van der Waals surface area contributed by atoms with Gasteiger partial charge in [0, 0.05) is 44.2 Å². The number of aromatic nitrogens is 3. The Bertz CT molecular complexity index is 851. The first kappa shape index (κ1) is 20.8. The van der Waals surface area contributed by atoms with Crippen molar-refractivity contribution in [2.45, 2.75) is 71.1 Å². The maximum Gasteiger partial charge on any atom is 0.225 e. The first-order valence-corrected chi connectivity index (χ1v) is 11.5. The average Bonchev–Trinajstić information content (AvgIpc) is 3.45. The molecule has 3 heterocycles. The van der Waals surface area contributed by atoms with Crippen molar-refractivity contribution in [1.82, 2.24) is 20.4 Å². The van der Waals surface area contributed by atoms with Gasteiger partial charge in [0.25, 0.3) is 0 Å². The van der Waals surface area contributed by atoms with E-state index in [9.17, 15) is 4.79 Å². The molecule has 2 fully saturated rings. The lowest BCUT2D eigenvalue weighted by Gasteiger charge is -2.29. The number of aryl methyl sites for hydroxylation is 1. The van der Waals surface area contributed by atoms with Crippen LogP contribution in [0.3, 0.4) is 0 Å². The molecule has 0 radical (unpaired) electrons. The summed E-state index contributed by atoms with van der Waals surface area (Å²) >= 11 is 0. The Kier molecular flexibility index (Phi) is 6.65. The number of anilines is 1. The van der Waals surface area contributed by atoms with E-state index in [2.05, 4.69) is 20.4 Å². The Morgan fingerprint density at radius 2 is 2.00 bits per heavy atom. The predicted octanol–water partition coefficient (Wildman–Crippen LogP) is 4.23. The van der Waals surface area contributed by atoms with E-state index in [-0.39, 0.29) is 5.91 Å². The Morgan fingerprint density at radius 1 is 1.23 bits per heavy atom. The molecule has 2 aromatic heterocycles. The van der Waals surface area contributed by atoms with Crippen molar-refractivity contribution >= 4 is 11.9 Å². The number of rotatable bonds is 7. The summed E-state index contributed by atoms with van der Waals surface area (Å²) in [7, 11) is 0. The number of hydrogen-bond acceptors (Lipinski definition) is 6. The van der Waals surface area contributed by atoms with E-state index < -0.39 is 0 Å². The molecule has 0 unspecified atom stereocenters. The highest BCUT2D eigenvalue weighted by Crippen LogP contribution is 2.39. The van der Waals surface area contributed by atoms with Gasteiger partial charge < -0.3 is 14.7 Å². The predicted molar refractivity (Wildman–Crippen MR) is 116 cm³/mol. The molecule has 1 saturated heterocycles. The molecule has 7 nitrogen and oxygen atoms in total. The van der Waals surface area contributed by atoms with E-state index in [1.54, 1.807) is 0 Å². The van der Waals surface area contributed by atoms with Gasteiger partial charge in [0.2, 0.25) is 11.9 Å². The smallest absolute Gasteiger partial charge is 0.225 e. The summed E-state index contributed by atoms with van der Waals surface area (Å²) < 4.78 is 5.57. The minimum atomic E-state index is 0.175. The summed E-state index contributed by atoms with van der Waals surface area (Å²) in [6.07, 6.45) is 10.2.